The van der Waals surface area contributed by atoms with Gasteiger partial charge in [-0.1, -0.05) is 20.8 Å². The summed E-state index contributed by atoms with van der Waals surface area (Å²) in [6.45, 7) is 8.83. The van der Waals surface area contributed by atoms with Crippen LogP contribution in [-0.2, 0) is 33.0 Å². The Hall–Kier alpha value is -1.76. The highest BCUT2D eigenvalue weighted by molar-refractivity contribution is 5.27. The molecular weight excluding hydrogens is 254 g/mol. The lowest BCUT2D eigenvalue weighted by atomic mass is 10.1. The van der Waals surface area contributed by atoms with Crippen LogP contribution < -0.4 is 5.32 Å². The third kappa shape index (κ3) is 3.04. The number of aromatic nitrogens is 6. The second-order valence-electron chi connectivity index (χ2n) is 4.71. The zero-order chi connectivity index (χ0) is 14.5. The van der Waals surface area contributed by atoms with Gasteiger partial charge in [0.05, 0.1) is 12.7 Å². The van der Waals surface area contributed by atoms with Crippen LogP contribution in [0.2, 0.25) is 0 Å². The summed E-state index contributed by atoms with van der Waals surface area (Å²) in [7, 11) is 1.77. The van der Waals surface area contributed by atoms with Crippen LogP contribution in [0, 0.1) is 0 Å². The molecule has 0 radical (unpaired) electrons. The fourth-order valence-corrected chi connectivity index (χ4v) is 2.37. The number of nitrogens with one attached hydrogen (secondary N) is 1. The molecule has 7 heteroatoms. The maximum atomic E-state index is 4.72. The molecule has 0 aromatic carbocycles. The summed E-state index contributed by atoms with van der Waals surface area (Å²) in [6, 6.07) is 0. The quantitative estimate of drug-likeness (QED) is 0.806. The highest BCUT2D eigenvalue weighted by Gasteiger charge is 2.16. The zero-order valence-electron chi connectivity index (χ0n) is 12.7. The first-order chi connectivity index (χ1) is 9.69. The number of hydrogen-bond donors (Lipinski definition) is 1. The molecule has 0 bridgehead atoms. The molecule has 1 N–H and O–H groups in total. The van der Waals surface area contributed by atoms with Crippen LogP contribution in [0.4, 0.5) is 0 Å². The summed E-state index contributed by atoms with van der Waals surface area (Å²) in [5.74, 6) is 0.697. The van der Waals surface area contributed by atoms with Gasteiger partial charge in [0.1, 0.15) is 6.54 Å². The van der Waals surface area contributed by atoms with Gasteiger partial charge in [-0.3, -0.25) is 4.68 Å². The van der Waals surface area contributed by atoms with Crippen LogP contribution in [0.1, 0.15) is 43.5 Å². The van der Waals surface area contributed by atoms with Gasteiger partial charge in [-0.25, -0.2) is 0 Å². The molecule has 0 aliphatic heterocycles. The molecule has 2 aromatic heterocycles. The van der Waals surface area contributed by atoms with Gasteiger partial charge in [-0.05, 0) is 24.6 Å². The summed E-state index contributed by atoms with van der Waals surface area (Å²) < 4.78 is 2.02. The lowest BCUT2D eigenvalue weighted by Gasteiger charge is -2.06. The van der Waals surface area contributed by atoms with Gasteiger partial charge in [0, 0.05) is 17.8 Å². The Bertz CT molecular complexity index is 555. The van der Waals surface area contributed by atoms with E-state index in [-0.39, 0.29) is 0 Å². The van der Waals surface area contributed by atoms with Crippen molar-refractivity contribution in [3.05, 3.63) is 22.8 Å². The van der Waals surface area contributed by atoms with E-state index in [1.807, 2.05) is 4.68 Å². The summed E-state index contributed by atoms with van der Waals surface area (Å²) >= 11 is 0. The topological polar surface area (TPSA) is 73.5 Å². The SMILES string of the molecule is CCNCc1c(CC)nn(Cc2nnn(C)n2)c1CC. The second-order valence-corrected chi connectivity index (χ2v) is 4.71. The molecule has 0 fully saturated rings. The van der Waals surface area contributed by atoms with Crippen molar-refractivity contribution in [1.29, 1.82) is 0 Å². The molecule has 0 spiro atoms. The summed E-state index contributed by atoms with van der Waals surface area (Å²) in [5.41, 5.74) is 3.74. The van der Waals surface area contributed by atoms with E-state index in [2.05, 4.69) is 41.5 Å². The predicted octanol–water partition coefficient (Wildman–Crippen LogP) is 0.689. The molecule has 0 amide bonds. The Balaban J connectivity index is 2.29. The summed E-state index contributed by atoms with van der Waals surface area (Å²) in [6.07, 6.45) is 1.89. The Labute approximate surface area is 119 Å². The van der Waals surface area contributed by atoms with Gasteiger partial charge in [0.15, 0.2) is 5.82 Å². The summed E-state index contributed by atoms with van der Waals surface area (Å²) in [4.78, 5) is 1.48. The lowest BCUT2D eigenvalue weighted by molar-refractivity contribution is 0.601. The standard InChI is InChI=1S/C13H23N7/c1-5-11-10(8-14-7-3)12(6-2)20(16-11)9-13-15-18-19(4)17-13/h14H,5-9H2,1-4H3. The molecule has 0 atom stereocenters. The number of rotatable bonds is 7. The Morgan fingerprint density at radius 3 is 2.45 bits per heavy atom. The molecule has 0 unspecified atom stereocenters. The normalized spacial score (nSPS) is 11.2. The van der Waals surface area contributed by atoms with E-state index >= 15 is 0 Å². The molecule has 2 aromatic rings. The Kier molecular flexibility index (Phi) is 4.84. The maximum Gasteiger partial charge on any atom is 0.196 e. The highest BCUT2D eigenvalue weighted by Crippen LogP contribution is 2.17. The van der Waals surface area contributed by atoms with E-state index in [4.69, 9.17) is 5.10 Å². The van der Waals surface area contributed by atoms with E-state index in [9.17, 15) is 0 Å². The highest BCUT2D eigenvalue weighted by atomic mass is 15.6. The van der Waals surface area contributed by atoms with Crippen molar-refractivity contribution in [3.8, 4) is 0 Å². The molecule has 110 valence electrons. The molecule has 20 heavy (non-hydrogen) atoms. The fraction of sp³-hybridized carbons (Fsp3) is 0.692. The predicted molar refractivity (Wildman–Crippen MR) is 76.3 cm³/mol. The molecule has 0 aliphatic rings. The number of tetrazole rings is 1. The van der Waals surface area contributed by atoms with Crippen molar-refractivity contribution in [3.63, 3.8) is 0 Å². The smallest absolute Gasteiger partial charge is 0.196 e. The van der Waals surface area contributed by atoms with E-state index < -0.39 is 0 Å². The van der Waals surface area contributed by atoms with Gasteiger partial charge in [-0.15, -0.1) is 10.2 Å². The van der Waals surface area contributed by atoms with Crippen LogP contribution in [-0.4, -0.2) is 36.5 Å². The summed E-state index contributed by atoms with van der Waals surface area (Å²) in [5, 5.41) is 20.2. The fourth-order valence-electron chi connectivity index (χ4n) is 2.37. The van der Waals surface area contributed by atoms with Crippen LogP contribution in [0.15, 0.2) is 0 Å². The van der Waals surface area contributed by atoms with Gasteiger partial charge in [0.2, 0.25) is 0 Å². The first-order valence-electron chi connectivity index (χ1n) is 7.20. The van der Waals surface area contributed by atoms with Crippen LogP contribution in [0.3, 0.4) is 0 Å². The molecule has 0 saturated heterocycles. The molecule has 2 rings (SSSR count). The van der Waals surface area contributed by atoms with Crippen molar-refractivity contribution in [2.45, 2.75) is 46.7 Å². The van der Waals surface area contributed by atoms with Crippen molar-refractivity contribution >= 4 is 0 Å². The molecule has 0 saturated carbocycles. The maximum absolute atomic E-state index is 4.72. The Morgan fingerprint density at radius 2 is 1.90 bits per heavy atom. The minimum absolute atomic E-state index is 0.580. The van der Waals surface area contributed by atoms with E-state index in [1.165, 1.54) is 16.1 Å². The molecule has 2 heterocycles. The largest absolute Gasteiger partial charge is 0.313 e. The molecular formula is C13H23N7. The van der Waals surface area contributed by atoms with Gasteiger partial charge >= 0.3 is 0 Å². The van der Waals surface area contributed by atoms with E-state index in [0.29, 0.717) is 12.4 Å². The number of aryl methyl sites for hydroxylation is 2. The zero-order valence-corrected chi connectivity index (χ0v) is 12.7. The van der Waals surface area contributed by atoms with Crippen molar-refractivity contribution in [2.75, 3.05) is 6.54 Å². The van der Waals surface area contributed by atoms with E-state index in [0.717, 1.165) is 31.6 Å². The first kappa shape index (κ1) is 14.6. The number of nitrogens with zero attached hydrogens (tertiary/aromatic N) is 6. The Morgan fingerprint density at radius 1 is 1.10 bits per heavy atom. The van der Waals surface area contributed by atoms with E-state index in [1.54, 1.807) is 7.05 Å². The minimum Gasteiger partial charge on any atom is -0.313 e. The van der Waals surface area contributed by atoms with Gasteiger partial charge < -0.3 is 5.32 Å². The number of hydrogen-bond acceptors (Lipinski definition) is 5. The second kappa shape index (κ2) is 6.60. The minimum atomic E-state index is 0.580. The first-order valence-corrected chi connectivity index (χ1v) is 7.20. The molecule has 0 aliphatic carbocycles. The monoisotopic (exact) mass is 277 g/mol. The van der Waals surface area contributed by atoms with Crippen molar-refractivity contribution < 1.29 is 0 Å². The van der Waals surface area contributed by atoms with Crippen molar-refractivity contribution in [1.82, 2.24) is 35.3 Å². The van der Waals surface area contributed by atoms with Crippen LogP contribution >= 0.6 is 0 Å². The van der Waals surface area contributed by atoms with Crippen LogP contribution in [0.5, 0.6) is 0 Å². The van der Waals surface area contributed by atoms with Crippen LogP contribution in [0.25, 0.3) is 0 Å². The average Bonchev–Trinajstić information content (AvgIpc) is 3.00. The third-order valence-electron chi connectivity index (χ3n) is 3.31. The van der Waals surface area contributed by atoms with Gasteiger partial charge in [0.25, 0.3) is 0 Å². The van der Waals surface area contributed by atoms with Gasteiger partial charge in [-0.2, -0.15) is 9.90 Å². The average molecular weight is 277 g/mol. The third-order valence-corrected chi connectivity index (χ3v) is 3.31. The van der Waals surface area contributed by atoms with Crippen molar-refractivity contribution in [2.24, 2.45) is 7.05 Å². The lowest BCUT2D eigenvalue weighted by Crippen LogP contribution is -2.14. The molecule has 7 nitrogen and oxygen atoms in total.